The van der Waals surface area contributed by atoms with Gasteiger partial charge in [-0.2, -0.15) is 5.84 Å². The normalized spacial score (nSPS) is 10.8. The maximum atomic E-state index is 5.71. The molecule has 64 valence electrons. The molecular weight excluding hydrogens is 192 g/mol. The van der Waals surface area contributed by atoms with Gasteiger partial charge in [0.1, 0.15) is 0 Å². The summed E-state index contributed by atoms with van der Waals surface area (Å²) < 4.78 is 0.611. The molecule has 0 rings (SSSR count). The van der Waals surface area contributed by atoms with Gasteiger partial charge in [-0.25, -0.2) is 0 Å². The molecule has 0 amide bonds. The van der Waals surface area contributed by atoms with Gasteiger partial charge in [-0.1, -0.05) is 13.3 Å². The predicted molar refractivity (Wildman–Crippen MR) is 40.7 cm³/mol. The summed E-state index contributed by atoms with van der Waals surface area (Å²) in [5.74, 6) is 5.71. The van der Waals surface area contributed by atoms with Gasteiger partial charge in [0.2, 0.25) is 0 Å². The standard InChI is InChI=1S/C7H19N2.BrH/c1-4-5-6-7-9(2,3)8;/h4-8H2,1-3H3;1H/q+1;/p-1. The van der Waals surface area contributed by atoms with Crippen LogP contribution < -0.4 is 22.8 Å². The summed E-state index contributed by atoms with van der Waals surface area (Å²) >= 11 is 0. The van der Waals surface area contributed by atoms with Crippen LogP contribution in [0.4, 0.5) is 0 Å². The molecule has 0 aromatic carbocycles. The van der Waals surface area contributed by atoms with Gasteiger partial charge >= 0.3 is 0 Å². The van der Waals surface area contributed by atoms with E-state index >= 15 is 0 Å². The lowest BCUT2D eigenvalue weighted by Gasteiger charge is -2.21. The SMILES string of the molecule is CCCCC[N+](C)(C)N.[Br-]. The molecule has 0 saturated heterocycles. The molecule has 0 fully saturated rings. The van der Waals surface area contributed by atoms with Crippen molar-refractivity contribution in [3.63, 3.8) is 0 Å². The van der Waals surface area contributed by atoms with Gasteiger partial charge in [0.25, 0.3) is 0 Å². The summed E-state index contributed by atoms with van der Waals surface area (Å²) in [4.78, 5) is 0. The van der Waals surface area contributed by atoms with Gasteiger partial charge in [-0.05, 0) is 12.8 Å². The molecule has 0 heterocycles. The van der Waals surface area contributed by atoms with E-state index in [4.69, 9.17) is 5.84 Å². The van der Waals surface area contributed by atoms with E-state index in [0.29, 0.717) is 4.59 Å². The largest absolute Gasteiger partial charge is 1.00 e. The molecule has 0 aromatic rings. The van der Waals surface area contributed by atoms with Crippen molar-refractivity contribution in [2.75, 3.05) is 20.6 Å². The van der Waals surface area contributed by atoms with Crippen LogP contribution in [0.25, 0.3) is 0 Å². The van der Waals surface area contributed by atoms with Gasteiger partial charge in [-0.3, -0.25) is 4.59 Å². The van der Waals surface area contributed by atoms with Crippen molar-refractivity contribution in [2.45, 2.75) is 26.2 Å². The molecule has 0 aliphatic heterocycles. The van der Waals surface area contributed by atoms with Crippen LogP contribution in [0.2, 0.25) is 0 Å². The second-order valence-corrected chi connectivity index (χ2v) is 3.21. The maximum Gasteiger partial charge on any atom is 0.0955 e. The van der Waals surface area contributed by atoms with Crippen molar-refractivity contribution in [3.8, 4) is 0 Å². The van der Waals surface area contributed by atoms with Crippen LogP contribution in [0.3, 0.4) is 0 Å². The zero-order valence-electron chi connectivity index (χ0n) is 7.23. The zero-order valence-corrected chi connectivity index (χ0v) is 8.82. The Morgan fingerprint density at radius 2 is 1.70 bits per heavy atom. The number of unbranched alkanes of at least 4 members (excludes halogenated alkanes) is 2. The number of nitrogens with zero attached hydrogens (tertiary/aromatic N) is 1. The third-order valence-corrected chi connectivity index (χ3v) is 1.34. The summed E-state index contributed by atoms with van der Waals surface area (Å²) in [7, 11) is 4.05. The lowest BCUT2D eigenvalue weighted by Crippen LogP contribution is -3.00. The Labute approximate surface area is 74.7 Å². The lowest BCUT2D eigenvalue weighted by molar-refractivity contribution is -0.902. The molecule has 2 nitrogen and oxygen atoms in total. The summed E-state index contributed by atoms with van der Waals surface area (Å²) in [6.45, 7) is 3.30. The summed E-state index contributed by atoms with van der Waals surface area (Å²) in [6.07, 6.45) is 3.83. The van der Waals surface area contributed by atoms with Crippen molar-refractivity contribution >= 4 is 0 Å². The lowest BCUT2D eigenvalue weighted by atomic mass is 10.2. The second kappa shape index (κ2) is 6.13. The van der Waals surface area contributed by atoms with Crippen molar-refractivity contribution in [1.29, 1.82) is 0 Å². The first kappa shape index (κ1) is 13.0. The Balaban J connectivity index is 0. The zero-order chi connectivity index (χ0) is 7.33. The first-order valence-corrected chi connectivity index (χ1v) is 3.68. The van der Waals surface area contributed by atoms with E-state index in [2.05, 4.69) is 6.92 Å². The minimum absolute atomic E-state index is 0. The molecule has 0 atom stereocenters. The highest BCUT2D eigenvalue weighted by Crippen LogP contribution is 1.96. The molecule has 0 spiro atoms. The molecule has 0 aromatic heterocycles. The van der Waals surface area contributed by atoms with Gasteiger partial charge in [-0.15, -0.1) is 0 Å². The van der Waals surface area contributed by atoms with Crippen molar-refractivity contribution in [1.82, 2.24) is 0 Å². The molecule has 0 bridgehead atoms. The molecular formula is C7H19BrN2. The molecule has 0 radical (unpaired) electrons. The quantitative estimate of drug-likeness (QED) is 0.251. The van der Waals surface area contributed by atoms with Crippen LogP contribution in [0.15, 0.2) is 0 Å². The molecule has 0 aliphatic rings. The van der Waals surface area contributed by atoms with Crippen molar-refractivity contribution < 1.29 is 21.6 Å². The summed E-state index contributed by atoms with van der Waals surface area (Å²) in [5, 5.41) is 0. The van der Waals surface area contributed by atoms with E-state index in [-0.39, 0.29) is 17.0 Å². The van der Waals surface area contributed by atoms with Gasteiger partial charge < -0.3 is 17.0 Å². The topological polar surface area (TPSA) is 26.0 Å². The van der Waals surface area contributed by atoms with E-state index in [9.17, 15) is 0 Å². The summed E-state index contributed by atoms with van der Waals surface area (Å²) in [6, 6.07) is 0. The number of quaternary nitrogens is 1. The minimum atomic E-state index is 0. The Morgan fingerprint density at radius 1 is 1.20 bits per heavy atom. The molecule has 2 N–H and O–H groups in total. The van der Waals surface area contributed by atoms with Crippen molar-refractivity contribution in [3.05, 3.63) is 0 Å². The highest BCUT2D eigenvalue weighted by molar-refractivity contribution is 4.33. The predicted octanol–water partition coefficient (Wildman–Crippen LogP) is -1.87. The number of nitrogens with two attached hydrogens (primary N) is 1. The van der Waals surface area contributed by atoms with E-state index in [0.717, 1.165) is 6.54 Å². The Bertz CT molecular complexity index is 68.5. The number of halogens is 1. The van der Waals surface area contributed by atoms with Crippen LogP contribution in [0.1, 0.15) is 26.2 Å². The van der Waals surface area contributed by atoms with Crippen LogP contribution in [-0.4, -0.2) is 25.2 Å². The van der Waals surface area contributed by atoms with Crippen LogP contribution in [-0.2, 0) is 0 Å². The highest BCUT2D eigenvalue weighted by Gasteiger charge is 2.05. The second-order valence-electron chi connectivity index (χ2n) is 3.21. The van der Waals surface area contributed by atoms with Crippen LogP contribution in [0, 0.1) is 0 Å². The monoisotopic (exact) mass is 210 g/mol. The minimum Gasteiger partial charge on any atom is -1.00 e. The Morgan fingerprint density at radius 3 is 2.00 bits per heavy atom. The average molecular weight is 211 g/mol. The molecule has 10 heavy (non-hydrogen) atoms. The first-order valence-electron chi connectivity index (χ1n) is 3.68. The number of hydrogen-bond donors (Lipinski definition) is 1. The molecule has 0 aliphatic carbocycles. The van der Waals surface area contributed by atoms with Gasteiger partial charge in [0.05, 0.1) is 20.6 Å². The number of rotatable bonds is 4. The van der Waals surface area contributed by atoms with Gasteiger partial charge in [0, 0.05) is 0 Å². The van der Waals surface area contributed by atoms with Crippen LogP contribution in [0.5, 0.6) is 0 Å². The smallest absolute Gasteiger partial charge is 0.0955 e. The summed E-state index contributed by atoms with van der Waals surface area (Å²) in [5.41, 5.74) is 0. The Kier molecular flexibility index (Phi) is 7.99. The fourth-order valence-corrected chi connectivity index (χ4v) is 0.769. The fourth-order valence-electron chi connectivity index (χ4n) is 0.769. The van der Waals surface area contributed by atoms with E-state index < -0.39 is 0 Å². The van der Waals surface area contributed by atoms with E-state index in [1.54, 1.807) is 0 Å². The van der Waals surface area contributed by atoms with Crippen molar-refractivity contribution in [2.24, 2.45) is 5.84 Å². The average Bonchev–Trinajstić information content (AvgIpc) is 1.63. The first-order chi connectivity index (χ1) is 4.06. The highest BCUT2D eigenvalue weighted by atomic mass is 79.9. The number of hydrogen-bond acceptors (Lipinski definition) is 1. The van der Waals surface area contributed by atoms with Gasteiger partial charge in [0.15, 0.2) is 0 Å². The molecule has 0 saturated carbocycles. The van der Waals surface area contributed by atoms with E-state index in [1.165, 1.54) is 19.3 Å². The molecule has 0 unspecified atom stereocenters. The third kappa shape index (κ3) is 11.2. The Hall–Kier alpha value is 0.400. The third-order valence-electron chi connectivity index (χ3n) is 1.34. The maximum absolute atomic E-state index is 5.71. The fraction of sp³-hybridized carbons (Fsp3) is 1.00. The van der Waals surface area contributed by atoms with Crippen LogP contribution >= 0.6 is 0 Å². The molecule has 3 heteroatoms. The van der Waals surface area contributed by atoms with E-state index in [1.807, 2.05) is 14.1 Å².